The summed E-state index contributed by atoms with van der Waals surface area (Å²) in [6.45, 7) is 3.94. The van der Waals surface area contributed by atoms with Gasteiger partial charge in [-0.1, -0.05) is 12.1 Å². The largest absolute Gasteiger partial charge is 0.619 e. The molecule has 0 aliphatic carbocycles. The first-order valence-corrected chi connectivity index (χ1v) is 8.35. The smallest absolute Gasteiger partial charge is 0.254 e. The van der Waals surface area contributed by atoms with Crippen LogP contribution in [0.25, 0.3) is 0 Å². The van der Waals surface area contributed by atoms with Crippen LogP contribution in [0.5, 0.6) is 0 Å². The second kappa shape index (κ2) is 7.77. The monoisotopic (exact) mass is 336 g/mol. The summed E-state index contributed by atoms with van der Waals surface area (Å²) in [6.07, 6.45) is 3.61. The highest BCUT2D eigenvalue weighted by molar-refractivity contribution is 5.94. The highest BCUT2D eigenvalue weighted by Crippen LogP contribution is 2.12. The molecule has 25 heavy (non-hydrogen) atoms. The van der Waals surface area contributed by atoms with Crippen LogP contribution in [0.15, 0.2) is 48.8 Å². The molecule has 2 heterocycles. The number of carbonyl (C=O) groups is 1. The van der Waals surface area contributed by atoms with Gasteiger partial charge in [0.1, 0.15) is 0 Å². The minimum atomic E-state index is -0.0270. The zero-order valence-corrected chi connectivity index (χ0v) is 14.0. The Kier molecular flexibility index (Phi) is 5.26. The molecule has 0 radical (unpaired) electrons. The van der Waals surface area contributed by atoms with Crippen LogP contribution in [-0.4, -0.2) is 41.9 Å². The predicted molar refractivity (Wildman–Crippen MR) is 92.4 cm³/mol. The Morgan fingerprint density at radius 1 is 1.08 bits per heavy atom. The third kappa shape index (κ3) is 4.34. The number of rotatable bonds is 3. The zero-order valence-electron chi connectivity index (χ0n) is 14.0. The van der Waals surface area contributed by atoms with E-state index in [1.807, 2.05) is 29.2 Å². The van der Waals surface area contributed by atoms with Gasteiger partial charge in [0.25, 0.3) is 5.91 Å². The van der Waals surface area contributed by atoms with E-state index in [-0.39, 0.29) is 5.91 Å². The molecule has 1 fully saturated rings. The molecular weight excluding hydrogens is 316 g/mol. The average molecular weight is 336 g/mol. The maximum absolute atomic E-state index is 12.6. The van der Waals surface area contributed by atoms with Gasteiger partial charge in [-0.25, -0.2) is 0 Å². The molecule has 6 heteroatoms. The van der Waals surface area contributed by atoms with E-state index >= 15 is 0 Å². The fourth-order valence-electron chi connectivity index (χ4n) is 3.01. The summed E-state index contributed by atoms with van der Waals surface area (Å²) in [5.74, 6) is -0.0270. The van der Waals surface area contributed by atoms with Gasteiger partial charge in [0, 0.05) is 44.9 Å². The van der Waals surface area contributed by atoms with E-state index in [9.17, 15) is 10.0 Å². The summed E-state index contributed by atoms with van der Waals surface area (Å²) in [6, 6.07) is 12.9. The molecule has 0 unspecified atom stereocenters. The van der Waals surface area contributed by atoms with Gasteiger partial charge in [0.05, 0.1) is 17.2 Å². The first-order chi connectivity index (χ1) is 12.2. The molecule has 1 amide bonds. The van der Waals surface area contributed by atoms with Gasteiger partial charge in [-0.15, -0.1) is 0 Å². The van der Waals surface area contributed by atoms with E-state index in [0.29, 0.717) is 22.4 Å². The van der Waals surface area contributed by atoms with Crippen molar-refractivity contribution >= 4 is 5.91 Å². The third-order valence-corrected chi connectivity index (χ3v) is 4.41. The van der Waals surface area contributed by atoms with Crippen LogP contribution < -0.4 is 4.73 Å². The fourth-order valence-corrected chi connectivity index (χ4v) is 3.01. The van der Waals surface area contributed by atoms with Crippen molar-refractivity contribution in [3.8, 4) is 6.07 Å². The van der Waals surface area contributed by atoms with Crippen molar-refractivity contribution < 1.29 is 9.52 Å². The Balaban J connectivity index is 1.59. The molecule has 1 aromatic carbocycles. The summed E-state index contributed by atoms with van der Waals surface area (Å²) in [5.41, 5.74) is 2.38. The number of amides is 1. The minimum Gasteiger partial charge on any atom is -0.619 e. The van der Waals surface area contributed by atoms with Gasteiger partial charge >= 0.3 is 0 Å². The second-order valence-corrected chi connectivity index (χ2v) is 6.18. The summed E-state index contributed by atoms with van der Waals surface area (Å²) < 4.78 is 0.679. The second-order valence-electron chi connectivity index (χ2n) is 6.18. The lowest BCUT2D eigenvalue weighted by Gasteiger charge is -2.22. The standard InChI is InChI=1S/C19H20N4O2/c20-14-16-2-4-17(5-3-16)15-21-8-1-9-22(13-12-21)19(24)18-6-10-23(25)11-7-18/h2-7,10-11H,1,8-9,12-13,15H2. The maximum atomic E-state index is 12.6. The van der Waals surface area contributed by atoms with Gasteiger partial charge in [0.2, 0.25) is 0 Å². The third-order valence-electron chi connectivity index (χ3n) is 4.41. The molecule has 128 valence electrons. The first-order valence-electron chi connectivity index (χ1n) is 8.35. The van der Waals surface area contributed by atoms with Crippen molar-refractivity contribution in [2.24, 2.45) is 0 Å². The molecule has 1 aliphatic heterocycles. The minimum absolute atomic E-state index is 0.0270. The number of nitriles is 1. The van der Waals surface area contributed by atoms with Gasteiger partial charge < -0.3 is 10.1 Å². The summed E-state index contributed by atoms with van der Waals surface area (Å²) in [7, 11) is 0. The molecule has 0 saturated carbocycles. The van der Waals surface area contributed by atoms with E-state index in [1.54, 1.807) is 12.1 Å². The molecular formula is C19H20N4O2. The van der Waals surface area contributed by atoms with Crippen LogP contribution in [0.2, 0.25) is 0 Å². The predicted octanol–water partition coefficient (Wildman–Crippen LogP) is 1.54. The lowest BCUT2D eigenvalue weighted by Crippen LogP contribution is -2.35. The number of pyridine rings is 1. The van der Waals surface area contributed by atoms with Crippen molar-refractivity contribution in [1.29, 1.82) is 5.26 Å². The van der Waals surface area contributed by atoms with Crippen LogP contribution in [-0.2, 0) is 6.54 Å². The molecule has 2 aromatic rings. The molecule has 1 aliphatic rings. The van der Waals surface area contributed by atoms with Crippen LogP contribution in [0, 0.1) is 16.5 Å². The Labute approximate surface area is 147 Å². The number of nitrogens with zero attached hydrogens (tertiary/aromatic N) is 4. The Hall–Kier alpha value is -2.91. The highest BCUT2D eigenvalue weighted by atomic mass is 16.5. The molecule has 0 atom stereocenters. The van der Waals surface area contributed by atoms with E-state index in [1.165, 1.54) is 18.0 Å². The van der Waals surface area contributed by atoms with Crippen LogP contribution in [0.3, 0.4) is 0 Å². The van der Waals surface area contributed by atoms with E-state index in [4.69, 9.17) is 5.26 Å². The van der Waals surface area contributed by atoms with Crippen LogP contribution in [0.1, 0.15) is 27.9 Å². The Bertz CT molecular complexity index is 766. The summed E-state index contributed by atoms with van der Waals surface area (Å²) >= 11 is 0. The summed E-state index contributed by atoms with van der Waals surface area (Å²) in [5, 5.41) is 20.0. The molecule has 1 aromatic heterocycles. The Morgan fingerprint density at radius 2 is 1.80 bits per heavy atom. The van der Waals surface area contributed by atoms with Crippen molar-refractivity contribution in [3.05, 3.63) is 70.7 Å². The number of hydrogen-bond donors (Lipinski definition) is 0. The summed E-state index contributed by atoms with van der Waals surface area (Å²) in [4.78, 5) is 16.7. The topological polar surface area (TPSA) is 74.3 Å². The van der Waals surface area contributed by atoms with Crippen LogP contribution >= 0.6 is 0 Å². The van der Waals surface area contributed by atoms with E-state index in [0.717, 1.165) is 32.6 Å². The number of hydrogen-bond acceptors (Lipinski definition) is 4. The molecule has 1 saturated heterocycles. The van der Waals surface area contributed by atoms with E-state index in [2.05, 4.69) is 11.0 Å². The maximum Gasteiger partial charge on any atom is 0.254 e. The van der Waals surface area contributed by atoms with Crippen molar-refractivity contribution in [1.82, 2.24) is 9.80 Å². The average Bonchev–Trinajstić information content (AvgIpc) is 2.88. The fraction of sp³-hybridized carbons (Fsp3) is 0.316. The SMILES string of the molecule is N#Cc1ccc(CN2CCCN(C(=O)c3cc[n+]([O-])cc3)CC2)cc1. The lowest BCUT2D eigenvalue weighted by molar-refractivity contribution is -0.605. The van der Waals surface area contributed by atoms with Gasteiger partial charge in [0.15, 0.2) is 12.4 Å². The molecule has 3 rings (SSSR count). The van der Waals surface area contributed by atoms with Gasteiger partial charge in [-0.05, 0) is 24.1 Å². The van der Waals surface area contributed by atoms with Crippen molar-refractivity contribution in [2.75, 3.05) is 26.2 Å². The normalized spacial score (nSPS) is 15.4. The van der Waals surface area contributed by atoms with Crippen molar-refractivity contribution in [3.63, 3.8) is 0 Å². The van der Waals surface area contributed by atoms with Gasteiger partial charge in [-0.3, -0.25) is 9.69 Å². The lowest BCUT2D eigenvalue weighted by atomic mass is 10.1. The molecule has 0 N–H and O–H groups in total. The van der Waals surface area contributed by atoms with Crippen LogP contribution in [0.4, 0.5) is 0 Å². The Morgan fingerprint density at radius 3 is 2.48 bits per heavy atom. The molecule has 0 spiro atoms. The van der Waals surface area contributed by atoms with Gasteiger partial charge in [-0.2, -0.15) is 9.99 Å². The number of aromatic nitrogens is 1. The van der Waals surface area contributed by atoms with Crippen molar-refractivity contribution in [2.45, 2.75) is 13.0 Å². The zero-order chi connectivity index (χ0) is 17.6. The van der Waals surface area contributed by atoms with E-state index < -0.39 is 0 Å². The molecule has 6 nitrogen and oxygen atoms in total. The highest BCUT2D eigenvalue weighted by Gasteiger charge is 2.20. The number of carbonyl (C=O) groups excluding carboxylic acids is 1. The first kappa shape index (κ1) is 16.9. The quantitative estimate of drug-likeness (QED) is 0.629. The number of benzene rings is 1. The molecule has 0 bridgehead atoms.